The normalized spacial score (nSPS) is 17.5. The van der Waals surface area contributed by atoms with E-state index in [4.69, 9.17) is 0 Å². The van der Waals surface area contributed by atoms with Crippen LogP contribution in [0.4, 0.5) is 0 Å². The number of H-pyrrole nitrogens is 1. The van der Waals surface area contributed by atoms with Gasteiger partial charge in [0.15, 0.2) is 0 Å². The molecule has 2 aromatic heterocycles. The Balaban J connectivity index is 1.66. The van der Waals surface area contributed by atoms with Gasteiger partial charge in [-0.25, -0.2) is 0 Å². The van der Waals surface area contributed by atoms with Crippen LogP contribution in [0.15, 0.2) is 29.9 Å². The summed E-state index contributed by atoms with van der Waals surface area (Å²) < 4.78 is 0. The minimum Gasteiger partial charge on any atom is -0.305 e. The van der Waals surface area contributed by atoms with Gasteiger partial charge in [0.05, 0.1) is 6.20 Å². The van der Waals surface area contributed by atoms with Gasteiger partial charge in [0.2, 0.25) is 0 Å². The van der Waals surface area contributed by atoms with E-state index in [-0.39, 0.29) is 0 Å². The molecule has 84 valence electrons. The molecule has 1 unspecified atom stereocenters. The highest BCUT2D eigenvalue weighted by molar-refractivity contribution is 7.10. The molecule has 4 heteroatoms. The summed E-state index contributed by atoms with van der Waals surface area (Å²) in [7, 11) is 0. The van der Waals surface area contributed by atoms with Crippen LogP contribution in [-0.2, 0) is 6.54 Å². The van der Waals surface area contributed by atoms with E-state index < -0.39 is 0 Å². The zero-order valence-corrected chi connectivity index (χ0v) is 9.83. The van der Waals surface area contributed by atoms with Crippen LogP contribution >= 0.6 is 11.3 Å². The first-order chi connectivity index (χ1) is 7.93. The molecule has 1 aliphatic carbocycles. The Bertz CT molecular complexity index is 417. The largest absolute Gasteiger partial charge is 0.305 e. The number of nitrogens with zero attached hydrogens (tertiary/aromatic N) is 1. The van der Waals surface area contributed by atoms with Crippen molar-refractivity contribution in [2.75, 3.05) is 0 Å². The van der Waals surface area contributed by atoms with Crippen molar-refractivity contribution >= 4 is 11.3 Å². The lowest BCUT2D eigenvalue weighted by atomic mass is 10.1. The van der Waals surface area contributed by atoms with Crippen molar-refractivity contribution in [2.45, 2.75) is 25.4 Å². The topological polar surface area (TPSA) is 40.7 Å². The molecular weight excluding hydrogens is 218 g/mol. The molecule has 0 spiro atoms. The molecule has 3 rings (SSSR count). The molecule has 0 aliphatic heterocycles. The van der Waals surface area contributed by atoms with E-state index in [2.05, 4.69) is 33.0 Å². The first kappa shape index (κ1) is 10.1. The third kappa shape index (κ3) is 2.18. The van der Waals surface area contributed by atoms with Crippen molar-refractivity contribution in [1.82, 2.24) is 15.5 Å². The smallest absolute Gasteiger partial charge is 0.0532 e. The van der Waals surface area contributed by atoms with Gasteiger partial charge in [-0.15, -0.1) is 11.3 Å². The Labute approximate surface area is 98.9 Å². The van der Waals surface area contributed by atoms with Crippen LogP contribution in [0.1, 0.15) is 29.3 Å². The van der Waals surface area contributed by atoms with E-state index in [1.54, 1.807) is 0 Å². The Kier molecular flexibility index (Phi) is 2.76. The number of rotatable bonds is 5. The summed E-state index contributed by atoms with van der Waals surface area (Å²) in [6.07, 6.45) is 6.55. The maximum absolute atomic E-state index is 3.96. The lowest BCUT2D eigenvalue weighted by Crippen LogP contribution is -2.21. The van der Waals surface area contributed by atoms with Crippen LogP contribution in [0.3, 0.4) is 0 Å². The van der Waals surface area contributed by atoms with Crippen molar-refractivity contribution in [2.24, 2.45) is 5.92 Å². The van der Waals surface area contributed by atoms with E-state index in [0.717, 1.165) is 12.5 Å². The van der Waals surface area contributed by atoms with Crippen LogP contribution in [0.5, 0.6) is 0 Å². The maximum Gasteiger partial charge on any atom is 0.0532 e. The number of aromatic amines is 1. The van der Waals surface area contributed by atoms with Gasteiger partial charge in [-0.1, -0.05) is 6.07 Å². The summed E-state index contributed by atoms with van der Waals surface area (Å²) in [5.41, 5.74) is 1.22. The fourth-order valence-electron chi connectivity index (χ4n) is 2.00. The van der Waals surface area contributed by atoms with E-state index in [1.807, 2.05) is 23.7 Å². The number of nitrogens with one attached hydrogen (secondary N) is 2. The van der Waals surface area contributed by atoms with Crippen LogP contribution < -0.4 is 5.32 Å². The SMILES string of the molecule is c1csc(C(NCc2cn[nH]c2)C2CC2)c1. The molecule has 1 saturated carbocycles. The van der Waals surface area contributed by atoms with Gasteiger partial charge in [-0.2, -0.15) is 5.10 Å². The third-order valence-electron chi connectivity index (χ3n) is 3.02. The molecule has 0 radical (unpaired) electrons. The predicted octanol–water partition coefficient (Wildman–Crippen LogP) is 2.71. The molecule has 0 bridgehead atoms. The molecular formula is C12H15N3S. The number of hydrogen-bond acceptors (Lipinski definition) is 3. The van der Waals surface area contributed by atoms with Crippen LogP contribution in [0.25, 0.3) is 0 Å². The van der Waals surface area contributed by atoms with Crippen molar-refractivity contribution in [1.29, 1.82) is 0 Å². The van der Waals surface area contributed by atoms with Gasteiger partial charge >= 0.3 is 0 Å². The second-order valence-electron chi connectivity index (χ2n) is 4.32. The van der Waals surface area contributed by atoms with Gasteiger partial charge < -0.3 is 5.32 Å². The predicted molar refractivity (Wildman–Crippen MR) is 65.2 cm³/mol. The van der Waals surface area contributed by atoms with Gasteiger partial charge in [0, 0.05) is 29.2 Å². The Morgan fingerprint density at radius 2 is 2.50 bits per heavy atom. The van der Waals surface area contributed by atoms with Gasteiger partial charge in [0.1, 0.15) is 0 Å². The molecule has 1 fully saturated rings. The monoisotopic (exact) mass is 233 g/mol. The molecule has 16 heavy (non-hydrogen) atoms. The molecule has 1 atom stereocenters. The second kappa shape index (κ2) is 4.39. The Morgan fingerprint density at radius 1 is 1.56 bits per heavy atom. The third-order valence-corrected chi connectivity index (χ3v) is 3.98. The Hall–Kier alpha value is -1.13. The van der Waals surface area contributed by atoms with Crippen LogP contribution in [0.2, 0.25) is 0 Å². The van der Waals surface area contributed by atoms with Crippen LogP contribution in [-0.4, -0.2) is 10.2 Å². The fourth-order valence-corrected chi connectivity index (χ4v) is 2.89. The first-order valence-corrected chi connectivity index (χ1v) is 6.56. The molecule has 3 nitrogen and oxygen atoms in total. The molecule has 0 saturated heterocycles. The van der Waals surface area contributed by atoms with Crippen molar-refractivity contribution in [3.63, 3.8) is 0 Å². The summed E-state index contributed by atoms with van der Waals surface area (Å²) >= 11 is 1.85. The minimum absolute atomic E-state index is 0.537. The molecule has 0 amide bonds. The second-order valence-corrected chi connectivity index (χ2v) is 5.30. The van der Waals surface area contributed by atoms with Crippen LogP contribution in [0, 0.1) is 5.92 Å². The molecule has 2 aromatic rings. The zero-order valence-electron chi connectivity index (χ0n) is 9.02. The summed E-state index contributed by atoms with van der Waals surface area (Å²) in [5.74, 6) is 0.838. The van der Waals surface area contributed by atoms with E-state index in [1.165, 1.54) is 23.3 Å². The standard InChI is InChI=1S/C12H15N3S/c1-2-11(16-5-1)12(10-3-4-10)13-6-9-7-14-15-8-9/h1-2,5,7-8,10,12-13H,3-4,6H2,(H,14,15). The number of thiophene rings is 1. The summed E-state index contributed by atoms with van der Waals surface area (Å²) in [6, 6.07) is 4.90. The average Bonchev–Trinajstić information content (AvgIpc) is 2.83. The fraction of sp³-hybridized carbons (Fsp3) is 0.417. The summed E-state index contributed by atoms with van der Waals surface area (Å²) in [6.45, 7) is 0.898. The van der Waals surface area contributed by atoms with Gasteiger partial charge in [0.25, 0.3) is 0 Å². The van der Waals surface area contributed by atoms with E-state index in [9.17, 15) is 0 Å². The summed E-state index contributed by atoms with van der Waals surface area (Å²) in [5, 5.41) is 12.6. The van der Waals surface area contributed by atoms with Gasteiger partial charge in [-0.05, 0) is 30.2 Å². The highest BCUT2D eigenvalue weighted by atomic mass is 32.1. The lowest BCUT2D eigenvalue weighted by Gasteiger charge is -2.16. The molecule has 1 aliphatic rings. The number of aromatic nitrogens is 2. The molecule has 0 aromatic carbocycles. The van der Waals surface area contributed by atoms with E-state index >= 15 is 0 Å². The van der Waals surface area contributed by atoms with Gasteiger partial charge in [-0.3, -0.25) is 5.10 Å². The first-order valence-electron chi connectivity index (χ1n) is 5.68. The highest BCUT2D eigenvalue weighted by Gasteiger charge is 2.32. The quantitative estimate of drug-likeness (QED) is 0.833. The van der Waals surface area contributed by atoms with Crippen molar-refractivity contribution < 1.29 is 0 Å². The Morgan fingerprint density at radius 3 is 3.12 bits per heavy atom. The number of hydrogen-bond donors (Lipinski definition) is 2. The zero-order chi connectivity index (χ0) is 10.8. The van der Waals surface area contributed by atoms with Crippen molar-refractivity contribution in [3.05, 3.63) is 40.3 Å². The molecule has 2 N–H and O–H groups in total. The highest BCUT2D eigenvalue weighted by Crippen LogP contribution is 2.42. The lowest BCUT2D eigenvalue weighted by molar-refractivity contribution is 0.487. The van der Waals surface area contributed by atoms with E-state index in [0.29, 0.717) is 6.04 Å². The minimum atomic E-state index is 0.537. The van der Waals surface area contributed by atoms with Crippen molar-refractivity contribution in [3.8, 4) is 0 Å². The average molecular weight is 233 g/mol. The maximum atomic E-state index is 3.96. The summed E-state index contributed by atoms with van der Waals surface area (Å²) in [4.78, 5) is 1.46. The molecule has 2 heterocycles.